The number of methoxy groups -OCH3 is 1. The van der Waals surface area contributed by atoms with Gasteiger partial charge in [-0.3, -0.25) is 4.79 Å². The Morgan fingerprint density at radius 1 is 1.22 bits per heavy atom. The Bertz CT molecular complexity index is 1120. The molecule has 0 radical (unpaired) electrons. The largest absolute Gasteiger partial charge is 0.381 e. The summed E-state index contributed by atoms with van der Waals surface area (Å²) in [7, 11) is 1.71. The van der Waals surface area contributed by atoms with E-state index >= 15 is 0 Å². The minimum atomic E-state index is 0.101. The predicted octanol–water partition coefficient (Wildman–Crippen LogP) is 2.05. The van der Waals surface area contributed by atoms with E-state index in [-0.39, 0.29) is 24.0 Å². The summed E-state index contributed by atoms with van der Waals surface area (Å²) in [5.41, 5.74) is 2.33. The van der Waals surface area contributed by atoms with Crippen molar-refractivity contribution < 1.29 is 9.53 Å². The maximum atomic E-state index is 12.8. The summed E-state index contributed by atoms with van der Waals surface area (Å²) < 4.78 is 7.36. The standard InChI is InChI=1S/C22H28N8O2/c1-4-30-20(15-9-23-13(2)24-10-15)28-18-19(25-12-26-21(18)30)27-16-5-6-29(11-16)22(31)14-7-17(8-14)32-3/h9-10,12,14,16-17H,4-8,11H2,1-3H3,(H,25,26,27)/t14?,16-,17?/m0/s1. The summed E-state index contributed by atoms with van der Waals surface area (Å²) in [6, 6.07) is 0.133. The van der Waals surface area contributed by atoms with E-state index in [2.05, 4.69) is 32.2 Å². The van der Waals surface area contributed by atoms with E-state index in [0.29, 0.717) is 18.9 Å². The molecule has 0 bridgehead atoms. The van der Waals surface area contributed by atoms with Gasteiger partial charge < -0.3 is 19.5 Å². The number of anilines is 1. The van der Waals surface area contributed by atoms with Crippen molar-refractivity contribution in [2.24, 2.45) is 5.92 Å². The molecule has 3 aromatic heterocycles. The Hall–Kier alpha value is -3.14. The molecule has 5 rings (SSSR count). The van der Waals surface area contributed by atoms with Gasteiger partial charge >= 0.3 is 0 Å². The third kappa shape index (κ3) is 3.68. The summed E-state index contributed by atoms with van der Waals surface area (Å²) in [4.78, 5) is 37.1. The number of rotatable bonds is 6. The Morgan fingerprint density at radius 3 is 2.72 bits per heavy atom. The van der Waals surface area contributed by atoms with Crippen LogP contribution in [-0.4, -0.2) is 72.6 Å². The summed E-state index contributed by atoms with van der Waals surface area (Å²) in [6.45, 7) is 6.06. The second-order valence-corrected chi connectivity index (χ2v) is 8.53. The maximum Gasteiger partial charge on any atom is 0.225 e. The van der Waals surface area contributed by atoms with E-state index in [1.807, 2.05) is 16.4 Å². The van der Waals surface area contributed by atoms with Crippen LogP contribution in [0.2, 0.25) is 0 Å². The number of aryl methyl sites for hydroxylation is 2. The topological polar surface area (TPSA) is 111 Å². The van der Waals surface area contributed by atoms with Crippen molar-refractivity contribution in [3.8, 4) is 11.4 Å². The first kappa shape index (κ1) is 20.7. The van der Waals surface area contributed by atoms with Gasteiger partial charge in [0, 0.05) is 51.1 Å². The van der Waals surface area contributed by atoms with Crippen LogP contribution in [0.1, 0.15) is 32.0 Å². The van der Waals surface area contributed by atoms with E-state index in [0.717, 1.165) is 54.2 Å². The van der Waals surface area contributed by atoms with Crippen molar-refractivity contribution in [1.29, 1.82) is 0 Å². The molecule has 3 aromatic rings. The number of nitrogens with one attached hydrogen (secondary N) is 1. The number of carbonyl (C=O) groups excluding carboxylic acids is 1. The van der Waals surface area contributed by atoms with Gasteiger partial charge in [-0.05, 0) is 33.1 Å². The minimum absolute atomic E-state index is 0.101. The van der Waals surface area contributed by atoms with Gasteiger partial charge in [0.25, 0.3) is 0 Å². The van der Waals surface area contributed by atoms with Gasteiger partial charge in [0.2, 0.25) is 5.91 Å². The van der Waals surface area contributed by atoms with Crippen LogP contribution < -0.4 is 5.32 Å². The zero-order valence-electron chi connectivity index (χ0n) is 18.7. The zero-order chi connectivity index (χ0) is 22.2. The molecule has 4 heterocycles. The number of nitrogens with zero attached hydrogens (tertiary/aromatic N) is 7. The molecule has 1 aliphatic carbocycles. The number of hydrogen-bond acceptors (Lipinski definition) is 8. The average molecular weight is 437 g/mol. The molecule has 1 N–H and O–H groups in total. The molecule has 32 heavy (non-hydrogen) atoms. The van der Waals surface area contributed by atoms with Crippen LogP contribution in [0.25, 0.3) is 22.6 Å². The fourth-order valence-corrected chi connectivity index (χ4v) is 4.56. The highest BCUT2D eigenvalue weighted by atomic mass is 16.5. The lowest BCUT2D eigenvalue weighted by atomic mass is 9.81. The summed E-state index contributed by atoms with van der Waals surface area (Å²) in [6.07, 6.45) is 7.90. The number of imidazole rings is 1. The lowest BCUT2D eigenvalue weighted by Crippen LogP contribution is -2.44. The number of aromatic nitrogens is 6. The first-order valence-corrected chi connectivity index (χ1v) is 11.2. The SMILES string of the molecule is CCn1c(-c2cnc(C)nc2)nc2c(N[C@H]3CCN(C(=O)C4CC(OC)C4)C3)ncnc21. The van der Waals surface area contributed by atoms with Crippen LogP contribution in [0.5, 0.6) is 0 Å². The fraction of sp³-hybridized carbons (Fsp3) is 0.545. The minimum Gasteiger partial charge on any atom is -0.381 e. The quantitative estimate of drug-likeness (QED) is 0.625. The molecule has 1 saturated carbocycles. The van der Waals surface area contributed by atoms with Gasteiger partial charge in [0.15, 0.2) is 17.0 Å². The second-order valence-electron chi connectivity index (χ2n) is 8.53. The van der Waals surface area contributed by atoms with Crippen LogP contribution in [0.15, 0.2) is 18.7 Å². The summed E-state index contributed by atoms with van der Waals surface area (Å²) in [5, 5.41) is 3.51. The summed E-state index contributed by atoms with van der Waals surface area (Å²) in [5.74, 6) is 2.53. The highest BCUT2D eigenvalue weighted by Gasteiger charge is 2.39. The molecule has 1 saturated heterocycles. The number of amides is 1. The molecule has 2 aliphatic rings. The van der Waals surface area contributed by atoms with Crippen molar-refractivity contribution >= 4 is 22.9 Å². The highest BCUT2D eigenvalue weighted by Crippen LogP contribution is 2.33. The molecule has 0 spiro atoms. The fourth-order valence-electron chi connectivity index (χ4n) is 4.56. The van der Waals surface area contributed by atoms with Gasteiger partial charge in [-0.1, -0.05) is 0 Å². The molecule has 1 atom stereocenters. The van der Waals surface area contributed by atoms with E-state index in [1.54, 1.807) is 25.8 Å². The first-order valence-electron chi connectivity index (χ1n) is 11.2. The molecule has 1 aliphatic heterocycles. The van der Waals surface area contributed by atoms with Crippen molar-refractivity contribution in [3.63, 3.8) is 0 Å². The predicted molar refractivity (Wildman–Crippen MR) is 119 cm³/mol. The summed E-state index contributed by atoms with van der Waals surface area (Å²) >= 11 is 0. The molecular formula is C22H28N8O2. The van der Waals surface area contributed by atoms with Gasteiger partial charge in [-0.25, -0.2) is 24.9 Å². The van der Waals surface area contributed by atoms with Crippen molar-refractivity contribution in [1.82, 2.24) is 34.4 Å². The molecule has 1 amide bonds. The molecule has 2 fully saturated rings. The van der Waals surface area contributed by atoms with Gasteiger partial charge in [-0.2, -0.15) is 0 Å². The maximum absolute atomic E-state index is 12.8. The van der Waals surface area contributed by atoms with E-state index in [1.165, 1.54) is 0 Å². The smallest absolute Gasteiger partial charge is 0.225 e. The molecule has 168 valence electrons. The number of hydrogen-bond donors (Lipinski definition) is 1. The van der Waals surface area contributed by atoms with Crippen molar-refractivity contribution in [3.05, 3.63) is 24.5 Å². The van der Waals surface area contributed by atoms with E-state index < -0.39 is 0 Å². The lowest BCUT2D eigenvalue weighted by molar-refractivity contribution is -0.142. The van der Waals surface area contributed by atoms with E-state index in [9.17, 15) is 4.79 Å². The van der Waals surface area contributed by atoms with Crippen molar-refractivity contribution in [2.45, 2.75) is 51.8 Å². The Balaban J connectivity index is 1.35. The normalized spacial score (nSPS) is 22.8. The van der Waals surface area contributed by atoms with Gasteiger partial charge in [0.05, 0.1) is 11.7 Å². The third-order valence-corrected chi connectivity index (χ3v) is 6.51. The molecule has 10 nitrogen and oxygen atoms in total. The number of likely N-dealkylation sites (tertiary alicyclic amines) is 1. The molecule has 0 aromatic carbocycles. The Kier molecular flexibility index (Phi) is 5.46. The Labute approximate surface area is 186 Å². The van der Waals surface area contributed by atoms with E-state index in [4.69, 9.17) is 9.72 Å². The number of ether oxygens (including phenoxy) is 1. The monoisotopic (exact) mass is 436 g/mol. The highest BCUT2D eigenvalue weighted by molar-refractivity contribution is 5.86. The molecule has 0 unspecified atom stereocenters. The van der Waals surface area contributed by atoms with Crippen LogP contribution in [-0.2, 0) is 16.1 Å². The number of fused-ring (bicyclic) bond motifs is 1. The Morgan fingerprint density at radius 2 is 2.00 bits per heavy atom. The first-order chi connectivity index (χ1) is 15.6. The second kappa shape index (κ2) is 8.42. The molecular weight excluding hydrogens is 408 g/mol. The van der Waals surface area contributed by atoms with Crippen molar-refractivity contribution in [2.75, 3.05) is 25.5 Å². The van der Waals surface area contributed by atoms with Gasteiger partial charge in [0.1, 0.15) is 18.0 Å². The number of carbonyl (C=O) groups is 1. The van der Waals surface area contributed by atoms with Crippen LogP contribution in [0, 0.1) is 12.8 Å². The van der Waals surface area contributed by atoms with Crippen LogP contribution in [0.3, 0.4) is 0 Å². The van der Waals surface area contributed by atoms with Gasteiger partial charge in [-0.15, -0.1) is 0 Å². The average Bonchev–Trinajstić information content (AvgIpc) is 3.38. The van der Waals surface area contributed by atoms with Crippen LogP contribution in [0.4, 0.5) is 5.82 Å². The molecule has 10 heteroatoms. The van der Waals surface area contributed by atoms with Crippen LogP contribution >= 0.6 is 0 Å². The third-order valence-electron chi connectivity index (χ3n) is 6.51. The zero-order valence-corrected chi connectivity index (χ0v) is 18.7. The lowest BCUT2D eigenvalue weighted by Gasteiger charge is -2.35.